The third kappa shape index (κ3) is 1.86. The van der Waals surface area contributed by atoms with E-state index >= 15 is 0 Å². The molecule has 1 saturated heterocycles. The van der Waals surface area contributed by atoms with Gasteiger partial charge in [0.15, 0.2) is 5.41 Å². The number of aryl methyl sites for hydroxylation is 2. The number of nitrogens with one attached hydrogen (secondary N) is 1. The third-order valence-electron chi connectivity index (χ3n) is 3.26. The Balaban J connectivity index is 2.24. The van der Waals surface area contributed by atoms with E-state index in [4.69, 9.17) is 9.84 Å². The summed E-state index contributed by atoms with van der Waals surface area (Å²) in [5.74, 6) is -1.66. The second-order valence-corrected chi connectivity index (χ2v) is 4.60. The minimum Gasteiger partial charge on any atom is -0.480 e. The molecule has 1 heterocycles. The fourth-order valence-electron chi connectivity index (χ4n) is 1.90. The second kappa shape index (κ2) is 4.42. The molecule has 0 saturated carbocycles. The van der Waals surface area contributed by atoms with Crippen LogP contribution < -0.4 is 5.32 Å². The molecule has 18 heavy (non-hydrogen) atoms. The molecular weight excluding hydrogens is 234 g/mol. The molecular formula is C13H15NO4. The fourth-order valence-corrected chi connectivity index (χ4v) is 1.90. The van der Waals surface area contributed by atoms with Crippen LogP contribution in [0.1, 0.15) is 11.1 Å². The van der Waals surface area contributed by atoms with E-state index in [0.717, 1.165) is 11.1 Å². The van der Waals surface area contributed by atoms with Crippen LogP contribution in [0.3, 0.4) is 0 Å². The molecule has 1 amide bonds. The molecule has 0 unspecified atom stereocenters. The Labute approximate surface area is 105 Å². The van der Waals surface area contributed by atoms with Crippen molar-refractivity contribution >= 4 is 17.6 Å². The number of benzene rings is 1. The Kier molecular flexibility index (Phi) is 3.09. The highest BCUT2D eigenvalue weighted by atomic mass is 16.5. The molecule has 0 atom stereocenters. The van der Waals surface area contributed by atoms with E-state index in [0.29, 0.717) is 5.69 Å². The number of carbonyl (C=O) groups is 2. The highest BCUT2D eigenvalue weighted by Gasteiger charge is 2.53. The zero-order valence-electron chi connectivity index (χ0n) is 10.3. The Bertz CT molecular complexity index is 485. The number of ether oxygens (including phenoxy) is 1. The molecule has 1 aromatic carbocycles. The van der Waals surface area contributed by atoms with E-state index in [1.54, 1.807) is 0 Å². The number of rotatable bonds is 3. The summed E-state index contributed by atoms with van der Waals surface area (Å²) in [6.45, 7) is 3.60. The van der Waals surface area contributed by atoms with Crippen LogP contribution in [0.15, 0.2) is 18.2 Å². The summed E-state index contributed by atoms with van der Waals surface area (Å²) in [4.78, 5) is 23.3. The lowest BCUT2D eigenvalue weighted by molar-refractivity contribution is -0.182. The molecule has 0 bridgehead atoms. The monoisotopic (exact) mass is 249 g/mol. The van der Waals surface area contributed by atoms with Gasteiger partial charge in [-0.2, -0.15) is 0 Å². The normalized spacial score (nSPS) is 16.8. The average molecular weight is 249 g/mol. The van der Waals surface area contributed by atoms with Gasteiger partial charge in [0.1, 0.15) is 0 Å². The maximum absolute atomic E-state index is 12.1. The van der Waals surface area contributed by atoms with E-state index < -0.39 is 17.3 Å². The smallest absolute Gasteiger partial charge is 0.324 e. The van der Waals surface area contributed by atoms with E-state index in [9.17, 15) is 9.59 Å². The van der Waals surface area contributed by atoms with Crippen LogP contribution >= 0.6 is 0 Å². The van der Waals surface area contributed by atoms with Crippen molar-refractivity contribution in [3.05, 3.63) is 29.3 Å². The number of aliphatic carboxylic acids is 1. The summed E-state index contributed by atoms with van der Waals surface area (Å²) in [6.07, 6.45) is 0. The summed E-state index contributed by atoms with van der Waals surface area (Å²) in [5, 5.41) is 11.8. The fraction of sp³-hybridized carbons (Fsp3) is 0.385. The SMILES string of the molecule is Cc1cccc(C)c1NC(=O)C1(C(=O)O)COC1. The molecule has 0 spiro atoms. The molecule has 2 N–H and O–H groups in total. The molecule has 1 aliphatic heterocycles. The number of hydrogen-bond acceptors (Lipinski definition) is 3. The van der Waals surface area contributed by atoms with E-state index in [1.165, 1.54) is 0 Å². The lowest BCUT2D eigenvalue weighted by atomic mass is 9.85. The molecule has 96 valence electrons. The van der Waals surface area contributed by atoms with Gasteiger partial charge >= 0.3 is 5.97 Å². The van der Waals surface area contributed by atoms with Crippen molar-refractivity contribution in [1.29, 1.82) is 0 Å². The van der Waals surface area contributed by atoms with E-state index in [2.05, 4.69) is 5.32 Å². The summed E-state index contributed by atoms with van der Waals surface area (Å²) in [5.41, 5.74) is 1.05. The topological polar surface area (TPSA) is 75.6 Å². The summed E-state index contributed by atoms with van der Waals surface area (Å²) in [6, 6.07) is 5.63. The van der Waals surface area contributed by atoms with Crippen LogP contribution in [0, 0.1) is 19.3 Å². The van der Waals surface area contributed by atoms with Crippen molar-refractivity contribution in [3.63, 3.8) is 0 Å². The van der Waals surface area contributed by atoms with Gasteiger partial charge in [0.05, 0.1) is 13.2 Å². The molecule has 5 nitrogen and oxygen atoms in total. The lowest BCUT2D eigenvalue weighted by Crippen LogP contribution is -2.57. The van der Waals surface area contributed by atoms with Gasteiger partial charge in [0, 0.05) is 5.69 Å². The first-order valence-corrected chi connectivity index (χ1v) is 5.66. The largest absolute Gasteiger partial charge is 0.480 e. The van der Waals surface area contributed by atoms with E-state index in [-0.39, 0.29) is 13.2 Å². The van der Waals surface area contributed by atoms with Crippen molar-refractivity contribution in [3.8, 4) is 0 Å². The number of amides is 1. The number of carboxylic acids is 1. The number of anilines is 1. The quantitative estimate of drug-likeness (QED) is 0.793. The van der Waals surface area contributed by atoms with Crippen LogP contribution in [0.4, 0.5) is 5.69 Å². The van der Waals surface area contributed by atoms with Crippen molar-refractivity contribution < 1.29 is 19.4 Å². The van der Waals surface area contributed by atoms with Gasteiger partial charge in [-0.25, -0.2) is 0 Å². The van der Waals surface area contributed by atoms with Gasteiger partial charge < -0.3 is 15.2 Å². The van der Waals surface area contributed by atoms with Gasteiger partial charge in [-0.05, 0) is 25.0 Å². The summed E-state index contributed by atoms with van der Waals surface area (Å²) in [7, 11) is 0. The highest BCUT2D eigenvalue weighted by molar-refractivity contribution is 6.09. The van der Waals surface area contributed by atoms with Gasteiger partial charge in [0.2, 0.25) is 5.91 Å². The van der Waals surface area contributed by atoms with Gasteiger partial charge in [-0.15, -0.1) is 0 Å². The Morgan fingerprint density at radius 1 is 1.28 bits per heavy atom. The highest BCUT2D eigenvalue weighted by Crippen LogP contribution is 2.31. The molecule has 1 aliphatic rings. The van der Waals surface area contributed by atoms with E-state index in [1.807, 2.05) is 32.0 Å². The molecule has 1 fully saturated rings. The van der Waals surface area contributed by atoms with Crippen molar-refractivity contribution in [2.45, 2.75) is 13.8 Å². The molecule has 1 aromatic rings. The molecule has 0 aromatic heterocycles. The maximum atomic E-state index is 12.1. The first kappa shape index (κ1) is 12.6. The second-order valence-electron chi connectivity index (χ2n) is 4.60. The summed E-state index contributed by atoms with van der Waals surface area (Å²) < 4.78 is 4.88. The van der Waals surface area contributed by atoms with Crippen molar-refractivity contribution in [2.75, 3.05) is 18.5 Å². The number of carboxylic acid groups (broad SMARTS) is 1. The minimum absolute atomic E-state index is 0.0703. The van der Waals surface area contributed by atoms with Crippen LogP contribution in [-0.4, -0.2) is 30.2 Å². The van der Waals surface area contributed by atoms with Crippen LogP contribution in [-0.2, 0) is 14.3 Å². The Morgan fingerprint density at radius 2 is 1.83 bits per heavy atom. The first-order valence-electron chi connectivity index (χ1n) is 5.66. The van der Waals surface area contributed by atoms with Crippen LogP contribution in [0.5, 0.6) is 0 Å². The predicted molar refractivity (Wildman–Crippen MR) is 65.4 cm³/mol. The van der Waals surface area contributed by atoms with Gasteiger partial charge in [0.25, 0.3) is 0 Å². The average Bonchev–Trinajstić information content (AvgIpc) is 2.21. The zero-order valence-corrected chi connectivity index (χ0v) is 10.3. The Morgan fingerprint density at radius 3 is 2.22 bits per heavy atom. The molecule has 0 aliphatic carbocycles. The molecule has 2 rings (SSSR count). The van der Waals surface area contributed by atoms with Gasteiger partial charge in [-0.3, -0.25) is 9.59 Å². The third-order valence-corrected chi connectivity index (χ3v) is 3.26. The standard InChI is InChI=1S/C13H15NO4/c1-8-4-3-5-9(2)10(8)14-11(15)13(12(16)17)6-18-7-13/h3-5H,6-7H2,1-2H3,(H,14,15)(H,16,17). The minimum atomic E-state index is -1.44. The van der Waals surface area contributed by atoms with Crippen LogP contribution in [0.25, 0.3) is 0 Å². The lowest BCUT2D eigenvalue weighted by Gasteiger charge is -2.35. The summed E-state index contributed by atoms with van der Waals surface area (Å²) >= 11 is 0. The molecule has 5 heteroatoms. The van der Waals surface area contributed by atoms with Crippen LogP contribution in [0.2, 0.25) is 0 Å². The number of carbonyl (C=O) groups excluding carboxylic acids is 1. The number of para-hydroxylation sites is 1. The maximum Gasteiger partial charge on any atom is 0.324 e. The Hall–Kier alpha value is -1.88. The zero-order chi connectivity index (χ0) is 13.3. The van der Waals surface area contributed by atoms with Crippen molar-refractivity contribution in [2.24, 2.45) is 5.41 Å². The van der Waals surface area contributed by atoms with Crippen molar-refractivity contribution in [1.82, 2.24) is 0 Å². The first-order chi connectivity index (χ1) is 8.47. The predicted octanol–water partition coefficient (Wildman–Crippen LogP) is 1.34. The molecule has 0 radical (unpaired) electrons. The van der Waals surface area contributed by atoms with Gasteiger partial charge in [-0.1, -0.05) is 18.2 Å². The number of hydrogen-bond donors (Lipinski definition) is 2.